The van der Waals surface area contributed by atoms with Gasteiger partial charge in [0, 0.05) is 20.2 Å². The van der Waals surface area contributed by atoms with Crippen LogP contribution in [0, 0.1) is 12.7 Å². The predicted octanol–water partition coefficient (Wildman–Crippen LogP) is 4.49. The molecule has 0 unspecified atom stereocenters. The van der Waals surface area contributed by atoms with E-state index in [4.69, 9.17) is 5.73 Å². The van der Waals surface area contributed by atoms with Gasteiger partial charge in [0.1, 0.15) is 5.82 Å². The zero-order chi connectivity index (χ0) is 14.9. The number of halogens is 3. The Bertz CT molecular complexity index is 666. The summed E-state index contributed by atoms with van der Waals surface area (Å²) < 4.78 is 14.4. The lowest BCUT2D eigenvalue weighted by Gasteiger charge is -2.12. The number of nitrogen functional groups attached to an aromatic ring is 1. The van der Waals surface area contributed by atoms with E-state index in [0.717, 1.165) is 0 Å². The minimum atomic E-state index is -0.367. The van der Waals surface area contributed by atoms with E-state index in [9.17, 15) is 9.18 Å². The molecular formula is C14H11Br2FN2O. The highest BCUT2D eigenvalue weighted by Crippen LogP contribution is 2.33. The van der Waals surface area contributed by atoms with Crippen LogP contribution in [0.4, 0.5) is 15.8 Å². The first-order chi connectivity index (χ1) is 9.38. The maximum atomic E-state index is 13.0. The lowest BCUT2D eigenvalue weighted by Crippen LogP contribution is -2.14. The number of nitrogens with two attached hydrogens (primary N) is 1. The number of rotatable bonds is 2. The molecule has 0 aliphatic carbocycles. The van der Waals surface area contributed by atoms with Crippen molar-refractivity contribution in [3.05, 3.63) is 56.2 Å². The van der Waals surface area contributed by atoms with Crippen LogP contribution in [0.15, 0.2) is 39.3 Å². The van der Waals surface area contributed by atoms with E-state index in [0.29, 0.717) is 31.4 Å². The summed E-state index contributed by atoms with van der Waals surface area (Å²) >= 11 is 6.69. The Morgan fingerprint density at radius 3 is 2.35 bits per heavy atom. The molecule has 2 aromatic rings. The third kappa shape index (κ3) is 3.19. The summed E-state index contributed by atoms with van der Waals surface area (Å²) in [5, 5.41) is 2.77. The molecule has 20 heavy (non-hydrogen) atoms. The van der Waals surface area contributed by atoms with Crippen LogP contribution in [0.3, 0.4) is 0 Å². The van der Waals surface area contributed by atoms with Crippen molar-refractivity contribution in [2.45, 2.75) is 6.92 Å². The molecule has 0 radical (unpaired) electrons. The number of anilines is 2. The zero-order valence-corrected chi connectivity index (χ0v) is 13.7. The quantitative estimate of drug-likeness (QED) is 0.728. The van der Waals surface area contributed by atoms with Gasteiger partial charge in [0.15, 0.2) is 0 Å². The summed E-state index contributed by atoms with van der Waals surface area (Å²) in [5.74, 6) is -0.678. The maximum absolute atomic E-state index is 13.0. The number of carbonyl (C=O) groups excluding carboxylic acids is 1. The van der Waals surface area contributed by atoms with Crippen molar-refractivity contribution in [3.8, 4) is 0 Å². The monoisotopic (exact) mass is 400 g/mol. The van der Waals surface area contributed by atoms with Crippen LogP contribution in [-0.2, 0) is 0 Å². The van der Waals surface area contributed by atoms with Crippen LogP contribution in [0.1, 0.15) is 15.9 Å². The fourth-order valence-corrected chi connectivity index (χ4v) is 3.19. The molecule has 6 heteroatoms. The van der Waals surface area contributed by atoms with Crippen molar-refractivity contribution in [1.29, 1.82) is 0 Å². The van der Waals surface area contributed by atoms with Gasteiger partial charge in [-0.1, -0.05) is 0 Å². The van der Waals surface area contributed by atoms with Crippen molar-refractivity contribution < 1.29 is 9.18 Å². The Morgan fingerprint density at radius 2 is 1.80 bits per heavy atom. The number of carbonyl (C=O) groups is 1. The number of amides is 1. The maximum Gasteiger partial charge on any atom is 0.255 e. The van der Waals surface area contributed by atoms with E-state index < -0.39 is 0 Å². The van der Waals surface area contributed by atoms with E-state index in [1.54, 1.807) is 19.1 Å². The highest BCUT2D eigenvalue weighted by molar-refractivity contribution is 9.11. The van der Waals surface area contributed by atoms with E-state index in [-0.39, 0.29) is 11.7 Å². The van der Waals surface area contributed by atoms with Gasteiger partial charge in [0.05, 0.1) is 5.69 Å². The smallest absolute Gasteiger partial charge is 0.255 e. The first-order valence-corrected chi connectivity index (χ1v) is 7.29. The van der Waals surface area contributed by atoms with Crippen LogP contribution >= 0.6 is 31.9 Å². The normalized spacial score (nSPS) is 10.4. The molecule has 104 valence electrons. The number of benzene rings is 2. The Morgan fingerprint density at radius 1 is 1.20 bits per heavy atom. The molecule has 0 bridgehead atoms. The summed E-state index contributed by atoms with van der Waals surface area (Å²) in [5.41, 5.74) is 7.84. The SMILES string of the molecule is Cc1cc(F)ccc1C(=O)Nc1c(Br)cc(N)cc1Br. The summed E-state index contributed by atoms with van der Waals surface area (Å²) in [6, 6.07) is 7.42. The fraction of sp³-hybridized carbons (Fsp3) is 0.0714. The molecule has 0 saturated carbocycles. The Labute approximate surface area is 132 Å². The molecule has 2 rings (SSSR count). The third-order valence-electron chi connectivity index (χ3n) is 2.74. The molecule has 0 atom stereocenters. The van der Waals surface area contributed by atoms with Crippen LogP contribution in [0.25, 0.3) is 0 Å². The molecule has 0 aliphatic heterocycles. The second-order valence-corrected chi connectivity index (χ2v) is 5.98. The molecule has 2 aromatic carbocycles. The molecule has 1 amide bonds. The van der Waals surface area contributed by atoms with Crippen molar-refractivity contribution in [2.24, 2.45) is 0 Å². The van der Waals surface area contributed by atoms with Crippen molar-refractivity contribution in [2.75, 3.05) is 11.1 Å². The van der Waals surface area contributed by atoms with Crippen LogP contribution in [0.2, 0.25) is 0 Å². The van der Waals surface area contributed by atoms with Gasteiger partial charge >= 0.3 is 0 Å². The average Bonchev–Trinajstić information content (AvgIpc) is 2.33. The molecule has 0 heterocycles. The van der Waals surface area contributed by atoms with Gasteiger partial charge in [0.2, 0.25) is 0 Å². The number of hydrogen-bond acceptors (Lipinski definition) is 2. The van der Waals surface area contributed by atoms with Crippen molar-refractivity contribution in [1.82, 2.24) is 0 Å². The van der Waals surface area contributed by atoms with Gasteiger partial charge in [-0.3, -0.25) is 4.79 Å². The average molecular weight is 402 g/mol. The van der Waals surface area contributed by atoms with Crippen LogP contribution in [-0.4, -0.2) is 5.91 Å². The molecule has 3 nitrogen and oxygen atoms in total. The highest BCUT2D eigenvalue weighted by Gasteiger charge is 2.14. The number of hydrogen-bond donors (Lipinski definition) is 2. The molecular weight excluding hydrogens is 391 g/mol. The molecule has 3 N–H and O–H groups in total. The fourth-order valence-electron chi connectivity index (χ4n) is 1.77. The first kappa shape index (κ1) is 15.0. The summed E-state index contributed by atoms with van der Waals surface area (Å²) in [4.78, 5) is 12.2. The predicted molar refractivity (Wildman–Crippen MR) is 85.3 cm³/mol. The van der Waals surface area contributed by atoms with Crippen molar-refractivity contribution >= 4 is 49.1 Å². The molecule has 0 fully saturated rings. The van der Waals surface area contributed by atoms with Crippen LogP contribution in [0.5, 0.6) is 0 Å². The van der Waals surface area contributed by atoms with Crippen LogP contribution < -0.4 is 11.1 Å². The van der Waals surface area contributed by atoms with E-state index in [2.05, 4.69) is 37.2 Å². The van der Waals surface area contributed by atoms with E-state index in [1.807, 2.05) is 0 Å². The number of aryl methyl sites for hydroxylation is 1. The number of nitrogens with one attached hydrogen (secondary N) is 1. The lowest BCUT2D eigenvalue weighted by atomic mass is 10.1. The molecule has 0 aliphatic rings. The second-order valence-electron chi connectivity index (χ2n) is 4.27. The standard InChI is InChI=1S/C14H11Br2FN2O/c1-7-4-8(17)2-3-10(7)14(20)19-13-11(15)5-9(18)6-12(13)16/h2-6H,18H2,1H3,(H,19,20). The zero-order valence-electron chi connectivity index (χ0n) is 10.5. The summed E-state index contributed by atoms with van der Waals surface area (Å²) in [6.45, 7) is 1.69. The first-order valence-electron chi connectivity index (χ1n) is 5.70. The van der Waals surface area contributed by atoms with E-state index >= 15 is 0 Å². The lowest BCUT2D eigenvalue weighted by molar-refractivity contribution is 0.102. The van der Waals surface area contributed by atoms with Gasteiger partial charge in [-0.15, -0.1) is 0 Å². The Kier molecular flexibility index (Phi) is 4.45. The molecule has 0 aromatic heterocycles. The molecule has 0 saturated heterocycles. The minimum absolute atomic E-state index is 0.311. The summed E-state index contributed by atoms with van der Waals surface area (Å²) in [6.07, 6.45) is 0. The second kappa shape index (κ2) is 5.93. The Balaban J connectivity index is 2.33. The minimum Gasteiger partial charge on any atom is -0.399 e. The van der Waals surface area contributed by atoms with Crippen molar-refractivity contribution in [3.63, 3.8) is 0 Å². The topological polar surface area (TPSA) is 55.1 Å². The van der Waals surface area contributed by atoms with Gasteiger partial charge in [-0.05, 0) is 74.7 Å². The van der Waals surface area contributed by atoms with Gasteiger partial charge in [-0.2, -0.15) is 0 Å². The summed E-state index contributed by atoms with van der Waals surface area (Å²) in [7, 11) is 0. The van der Waals surface area contributed by atoms with Gasteiger partial charge in [-0.25, -0.2) is 4.39 Å². The largest absolute Gasteiger partial charge is 0.399 e. The third-order valence-corrected chi connectivity index (χ3v) is 3.99. The van der Waals surface area contributed by atoms with Gasteiger partial charge < -0.3 is 11.1 Å². The molecule has 0 spiro atoms. The van der Waals surface area contributed by atoms with Gasteiger partial charge in [0.25, 0.3) is 5.91 Å². The van der Waals surface area contributed by atoms with E-state index in [1.165, 1.54) is 18.2 Å². The highest BCUT2D eigenvalue weighted by atomic mass is 79.9. The Hall–Kier alpha value is -1.40.